The zero-order valence-electron chi connectivity index (χ0n) is 17.3. The number of thioether (sulfide) groups is 1. The van der Waals surface area contributed by atoms with Crippen LogP contribution in [-0.2, 0) is 9.59 Å². The quantitative estimate of drug-likeness (QED) is 0.521. The normalized spacial score (nSPS) is 33.8. The second-order valence-electron chi connectivity index (χ2n) is 9.36. The van der Waals surface area contributed by atoms with Gasteiger partial charge in [-0.3, -0.25) is 19.3 Å². The van der Waals surface area contributed by atoms with Crippen LogP contribution in [0.25, 0.3) is 0 Å². The van der Waals surface area contributed by atoms with Crippen LogP contribution < -0.4 is 9.77 Å². The van der Waals surface area contributed by atoms with E-state index in [1.807, 2.05) is 18.2 Å². The third-order valence-corrected chi connectivity index (χ3v) is 10.8. The predicted molar refractivity (Wildman–Crippen MR) is 129 cm³/mol. The number of hydrogen-bond acceptors (Lipinski definition) is 5. The first-order valence-corrected chi connectivity index (χ1v) is 13.2. The number of rotatable bonds is 2. The van der Waals surface area contributed by atoms with Crippen LogP contribution in [0.1, 0.15) is 22.8 Å². The Hall–Kier alpha value is -2.35. The van der Waals surface area contributed by atoms with Gasteiger partial charge in [-0.15, -0.1) is 11.8 Å². The minimum atomic E-state index is -0.288. The van der Waals surface area contributed by atoms with Gasteiger partial charge in [-0.25, -0.2) is 0 Å². The highest BCUT2D eigenvalue weighted by molar-refractivity contribution is 8.00. The van der Waals surface area contributed by atoms with E-state index < -0.39 is 0 Å². The average molecular weight is 495 g/mol. The van der Waals surface area contributed by atoms with Gasteiger partial charge in [0.1, 0.15) is 0 Å². The van der Waals surface area contributed by atoms with Crippen LogP contribution in [-0.4, -0.2) is 22.0 Å². The van der Waals surface area contributed by atoms with Gasteiger partial charge in [-0.2, -0.15) is 0 Å². The number of aromatic nitrogens is 1. The summed E-state index contributed by atoms with van der Waals surface area (Å²) in [5.74, 6) is -0.181. The molecule has 0 radical (unpaired) electrons. The Bertz CT molecular complexity index is 1350. The van der Waals surface area contributed by atoms with Crippen molar-refractivity contribution in [1.29, 1.82) is 0 Å². The number of H-pyrrole nitrogens is 1. The predicted octanol–water partition coefficient (Wildman–Crippen LogP) is 4.77. The van der Waals surface area contributed by atoms with E-state index in [2.05, 4.69) is 17.1 Å². The number of hydrogen-bond donors (Lipinski definition) is 1. The molecule has 2 saturated carbocycles. The number of fused-ring (bicyclic) bond motifs is 9. The number of carbonyl (C=O) groups excluding carboxylic acids is 2. The van der Waals surface area contributed by atoms with Crippen LogP contribution in [0, 0.1) is 29.6 Å². The molecule has 33 heavy (non-hydrogen) atoms. The molecule has 166 valence electrons. The number of amides is 2. The topological polar surface area (TPSA) is 70.2 Å². The Morgan fingerprint density at radius 3 is 2.33 bits per heavy atom. The lowest BCUT2D eigenvalue weighted by Gasteiger charge is -2.43. The van der Waals surface area contributed by atoms with Crippen LogP contribution in [0.5, 0.6) is 0 Å². The van der Waals surface area contributed by atoms with Gasteiger partial charge in [-0.05, 0) is 54.0 Å². The molecule has 2 amide bonds. The third kappa shape index (κ3) is 2.70. The molecule has 0 unspecified atom stereocenters. The fraction of sp³-hybridized carbons (Fsp3) is 0.320. The molecule has 1 N–H and O–H groups in total. The van der Waals surface area contributed by atoms with E-state index in [0.29, 0.717) is 10.7 Å². The second-order valence-corrected chi connectivity index (χ2v) is 12.0. The fourth-order valence-corrected chi connectivity index (χ4v) is 9.91. The summed E-state index contributed by atoms with van der Waals surface area (Å²) >= 11 is 9.03. The summed E-state index contributed by atoms with van der Waals surface area (Å²) in [6.07, 6.45) is 0.895. The molecule has 3 fully saturated rings. The molecule has 2 aromatic carbocycles. The largest absolute Gasteiger partial charge is 0.307 e. The summed E-state index contributed by atoms with van der Waals surface area (Å²) < 4.78 is 0. The molecular formula is C25H19ClN2O3S2. The van der Waals surface area contributed by atoms with Crippen molar-refractivity contribution in [3.05, 3.63) is 79.7 Å². The standard InChI is InChI=1S/C25H19ClN2O3S2/c26-12-6-8-13(9-7-12)28-23(29)18-14-10-15(19(18)24(28)30)20-17(14)16(11-4-2-1-3-5-11)21-22(32-20)27-25(31)33-21/h1-9,14-20H,10H2,(H,27,31)/t14-,15+,16-,17+,18-,19-,20-/m1/s1. The molecular weight excluding hydrogens is 476 g/mol. The van der Waals surface area contributed by atoms with E-state index in [4.69, 9.17) is 11.6 Å². The average Bonchev–Trinajstić information content (AvgIpc) is 3.54. The van der Waals surface area contributed by atoms with Gasteiger partial charge in [-0.1, -0.05) is 53.3 Å². The van der Waals surface area contributed by atoms with Crippen molar-refractivity contribution in [2.45, 2.75) is 22.6 Å². The first kappa shape index (κ1) is 20.1. The third-order valence-electron chi connectivity index (χ3n) is 7.97. The van der Waals surface area contributed by atoms with Gasteiger partial charge in [0, 0.05) is 21.1 Å². The second kappa shape index (κ2) is 7.08. The number of benzene rings is 2. The highest BCUT2D eigenvalue weighted by atomic mass is 35.5. The molecule has 7 atom stereocenters. The summed E-state index contributed by atoms with van der Waals surface area (Å²) in [6, 6.07) is 17.2. The lowest BCUT2D eigenvalue weighted by molar-refractivity contribution is -0.123. The number of imide groups is 1. The summed E-state index contributed by atoms with van der Waals surface area (Å²) in [5.41, 5.74) is 1.78. The molecule has 8 heteroatoms. The van der Waals surface area contributed by atoms with Crippen LogP contribution in [0.15, 0.2) is 64.4 Å². The number of thiazole rings is 1. The van der Waals surface area contributed by atoms with Gasteiger partial charge >= 0.3 is 4.87 Å². The molecule has 4 aliphatic rings. The van der Waals surface area contributed by atoms with Gasteiger partial charge in [0.15, 0.2) is 0 Å². The van der Waals surface area contributed by atoms with E-state index in [1.54, 1.807) is 36.0 Å². The maximum atomic E-state index is 13.7. The smallest absolute Gasteiger partial charge is 0.305 e. The molecule has 2 aliphatic carbocycles. The van der Waals surface area contributed by atoms with Crippen molar-refractivity contribution in [3.8, 4) is 0 Å². The Morgan fingerprint density at radius 1 is 0.909 bits per heavy atom. The monoisotopic (exact) mass is 494 g/mol. The molecule has 5 nitrogen and oxygen atoms in total. The van der Waals surface area contributed by atoms with Gasteiger partial charge in [0.25, 0.3) is 0 Å². The Balaban J connectivity index is 1.33. The Morgan fingerprint density at radius 2 is 1.61 bits per heavy atom. The van der Waals surface area contributed by atoms with Crippen molar-refractivity contribution >= 4 is 52.2 Å². The summed E-state index contributed by atoms with van der Waals surface area (Å²) in [4.78, 5) is 45.0. The van der Waals surface area contributed by atoms with Gasteiger partial charge < -0.3 is 4.98 Å². The van der Waals surface area contributed by atoms with E-state index in [1.165, 1.54) is 21.8 Å². The van der Waals surface area contributed by atoms with Gasteiger partial charge in [0.2, 0.25) is 11.8 Å². The van der Waals surface area contributed by atoms with E-state index in [0.717, 1.165) is 16.3 Å². The lowest BCUT2D eigenvalue weighted by Crippen LogP contribution is -2.42. The first-order chi connectivity index (χ1) is 16.0. The van der Waals surface area contributed by atoms with Gasteiger partial charge in [0.05, 0.1) is 22.5 Å². The Labute approximate surface area is 203 Å². The molecule has 3 aromatic rings. The zero-order chi connectivity index (χ0) is 22.4. The SMILES string of the molecule is O=C1[C@@H]2[C@@H]3C[C@@H]([C@H]2C(=O)N1c1ccc(Cl)cc1)[C@H]1[C@@H](c2ccccc2)c2sc(=O)[nH]c2S[C@H]31. The zero-order valence-corrected chi connectivity index (χ0v) is 19.7. The maximum Gasteiger partial charge on any atom is 0.305 e. The van der Waals surface area contributed by atoms with Crippen LogP contribution >= 0.6 is 34.7 Å². The van der Waals surface area contributed by atoms with E-state index in [9.17, 15) is 14.4 Å². The van der Waals surface area contributed by atoms with E-state index >= 15 is 0 Å². The minimum absolute atomic E-state index is 0.0398. The highest BCUT2D eigenvalue weighted by Crippen LogP contribution is 2.68. The molecule has 3 heterocycles. The number of carbonyl (C=O) groups is 2. The fourth-order valence-electron chi connectivity index (χ4n) is 6.90. The van der Waals surface area contributed by atoms with Crippen molar-refractivity contribution in [2.75, 3.05) is 4.90 Å². The molecule has 0 spiro atoms. The van der Waals surface area contributed by atoms with Crippen LogP contribution in [0.4, 0.5) is 5.69 Å². The summed E-state index contributed by atoms with van der Waals surface area (Å²) in [5, 5.41) is 1.73. The van der Waals surface area contributed by atoms with Crippen molar-refractivity contribution in [1.82, 2.24) is 4.98 Å². The number of nitrogens with zero attached hydrogens (tertiary/aromatic N) is 1. The number of anilines is 1. The Kier molecular flexibility index (Phi) is 4.30. The molecule has 7 rings (SSSR count). The number of nitrogens with one attached hydrogen (secondary N) is 1. The maximum absolute atomic E-state index is 13.7. The van der Waals surface area contributed by atoms with E-state index in [-0.39, 0.29) is 57.4 Å². The summed E-state index contributed by atoms with van der Waals surface area (Å²) in [6.45, 7) is 0. The molecule has 1 aromatic heterocycles. The number of halogens is 1. The molecule has 1 saturated heterocycles. The van der Waals surface area contributed by atoms with Crippen molar-refractivity contribution < 1.29 is 9.59 Å². The van der Waals surface area contributed by atoms with Crippen LogP contribution in [0.3, 0.4) is 0 Å². The van der Waals surface area contributed by atoms with Crippen molar-refractivity contribution in [3.63, 3.8) is 0 Å². The number of aromatic amines is 1. The minimum Gasteiger partial charge on any atom is -0.307 e. The summed E-state index contributed by atoms with van der Waals surface area (Å²) in [7, 11) is 0. The van der Waals surface area contributed by atoms with Crippen LogP contribution in [0.2, 0.25) is 5.02 Å². The lowest BCUT2D eigenvalue weighted by atomic mass is 9.68. The molecule has 2 aliphatic heterocycles. The molecule has 2 bridgehead atoms. The first-order valence-electron chi connectivity index (χ1n) is 11.1. The van der Waals surface area contributed by atoms with Crippen molar-refractivity contribution in [2.24, 2.45) is 29.6 Å². The highest BCUT2D eigenvalue weighted by Gasteiger charge is 2.69.